The first-order valence-electron chi connectivity index (χ1n) is 10.2. The van der Waals surface area contributed by atoms with Crippen molar-refractivity contribution in [2.45, 2.75) is 18.6 Å². The fraction of sp³-hybridized carbons (Fsp3) is 0.200. The summed E-state index contributed by atoms with van der Waals surface area (Å²) in [4.78, 5) is 27.0. The molecule has 170 valence electrons. The van der Waals surface area contributed by atoms with Crippen LogP contribution in [0.1, 0.15) is 16.8 Å². The van der Waals surface area contributed by atoms with Gasteiger partial charge in [0.2, 0.25) is 0 Å². The van der Waals surface area contributed by atoms with Crippen LogP contribution in [0.2, 0.25) is 10.0 Å². The summed E-state index contributed by atoms with van der Waals surface area (Å²) in [5.74, 6) is -1.32. The third kappa shape index (κ3) is 4.97. The van der Waals surface area contributed by atoms with E-state index in [9.17, 15) is 14.0 Å². The lowest BCUT2D eigenvalue weighted by atomic mass is 10.0. The normalized spacial score (nSPS) is 17.6. The van der Waals surface area contributed by atoms with E-state index in [-0.39, 0.29) is 24.6 Å². The zero-order valence-electron chi connectivity index (χ0n) is 17.6. The van der Waals surface area contributed by atoms with Crippen LogP contribution in [0.4, 0.5) is 4.39 Å². The monoisotopic (exact) mass is 487 g/mol. The van der Waals surface area contributed by atoms with Crippen molar-refractivity contribution >= 4 is 35.1 Å². The minimum atomic E-state index is -0.825. The van der Waals surface area contributed by atoms with Gasteiger partial charge in [0.15, 0.2) is 11.6 Å². The van der Waals surface area contributed by atoms with Gasteiger partial charge in [-0.3, -0.25) is 4.79 Å². The SMILES string of the molecule is COC(=O)C1CC(Oc2ccccc2F)CN1C(=O)c1ccc(-c2ccc(Cl)c(Cl)c2)cc1. The Bertz CT molecular complexity index is 1190. The molecule has 0 N–H and O–H groups in total. The quantitative estimate of drug-likeness (QED) is 0.437. The van der Waals surface area contributed by atoms with Gasteiger partial charge in [-0.25, -0.2) is 9.18 Å². The molecule has 1 heterocycles. The van der Waals surface area contributed by atoms with Crippen LogP contribution < -0.4 is 4.74 Å². The zero-order chi connectivity index (χ0) is 23.5. The lowest BCUT2D eigenvalue weighted by molar-refractivity contribution is -0.145. The Kier molecular flexibility index (Phi) is 6.86. The van der Waals surface area contributed by atoms with Gasteiger partial charge in [0.1, 0.15) is 12.1 Å². The van der Waals surface area contributed by atoms with Gasteiger partial charge in [0.05, 0.1) is 23.7 Å². The predicted molar refractivity (Wildman–Crippen MR) is 124 cm³/mol. The standard InChI is InChI=1S/C25H20Cl2FNO4/c1-32-25(31)22-13-18(33-23-5-3-2-4-21(23)28)14-29(22)24(30)16-8-6-15(7-9-16)17-10-11-19(26)20(27)12-17/h2-12,18,22H,13-14H2,1H3. The molecule has 0 saturated carbocycles. The number of halogens is 3. The summed E-state index contributed by atoms with van der Waals surface area (Å²) in [6.07, 6.45) is -0.348. The third-order valence-electron chi connectivity index (χ3n) is 5.51. The van der Waals surface area contributed by atoms with Gasteiger partial charge in [-0.1, -0.05) is 53.5 Å². The van der Waals surface area contributed by atoms with Gasteiger partial charge in [-0.15, -0.1) is 0 Å². The Morgan fingerprint density at radius 3 is 2.33 bits per heavy atom. The van der Waals surface area contributed by atoms with Crippen LogP contribution in [0.3, 0.4) is 0 Å². The summed E-state index contributed by atoms with van der Waals surface area (Å²) >= 11 is 12.1. The number of rotatable bonds is 5. The molecule has 0 aliphatic carbocycles. The molecule has 0 spiro atoms. The first-order chi connectivity index (χ1) is 15.9. The maximum atomic E-state index is 14.0. The van der Waals surface area contributed by atoms with Crippen molar-refractivity contribution in [3.05, 3.63) is 88.2 Å². The molecule has 4 rings (SSSR count). The Balaban J connectivity index is 1.54. The van der Waals surface area contributed by atoms with Crippen molar-refractivity contribution in [1.82, 2.24) is 4.90 Å². The highest BCUT2D eigenvalue weighted by molar-refractivity contribution is 6.42. The van der Waals surface area contributed by atoms with Gasteiger partial charge in [-0.05, 0) is 47.5 Å². The molecule has 0 bridgehead atoms. The summed E-state index contributed by atoms with van der Waals surface area (Å²) in [7, 11) is 1.27. The molecular formula is C25H20Cl2FNO4. The molecule has 0 radical (unpaired) electrons. The van der Waals surface area contributed by atoms with Gasteiger partial charge in [0.25, 0.3) is 5.91 Å². The van der Waals surface area contributed by atoms with E-state index in [0.29, 0.717) is 15.6 Å². The van der Waals surface area contributed by atoms with Crippen LogP contribution in [0, 0.1) is 5.82 Å². The molecule has 5 nitrogen and oxygen atoms in total. The topological polar surface area (TPSA) is 55.8 Å². The minimum absolute atomic E-state index is 0.0754. The number of methoxy groups -OCH3 is 1. The second-order valence-corrected chi connectivity index (χ2v) is 8.42. The molecule has 1 fully saturated rings. The summed E-state index contributed by atoms with van der Waals surface area (Å²) in [6, 6.07) is 17.4. The second kappa shape index (κ2) is 9.81. The van der Waals surface area contributed by atoms with Gasteiger partial charge in [0, 0.05) is 12.0 Å². The van der Waals surface area contributed by atoms with Crippen molar-refractivity contribution in [2.24, 2.45) is 0 Å². The lowest BCUT2D eigenvalue weighted by Crippen LogP contribution is -2.41. The number of para-hydroxylation sites is 1. The molecule has 0 aromatic heterocycles. The molecule has 33 heavy (non-hydrogen) atoms. The number of nitrogens with zero attached hydrogens (tertiary/aromatic N) is 1. The number of likely N-dealkylation sites (tertiary alicyclic amines) is 1. The number of hydrogen-bond donors (Lipinski definition) is 0. The van der Waals surface area contributed by atoms with E-state index in [1.807, 2.05) is 6.07 Å². The van der Waals surface area contributed by atoms with Crippen molar-refractivity contribution < 1.29 is 23.5 Å². The van der Waals surface area contributed by atoms with Crippen molar-refractivity contribution in [2.75, 3.05) is 13.7 Å². The van der Waals surface area contributed by atoms with Crippen molar-refractivity contribution in [3.8, 4) is 16.9 Å². The third-order valence-corrected chi connectivity index (χ3v) is 6.25. The molecule has 1 saturated heterocycles. The van der Waals surface area contributed by atoms with E-state index < -0.39 is 23.9 Å². The maximum Gasteiger partial charge on any atom is 0.328 e. The van der Waals surface area contributed by atoms with Gasteiger partial charge < -0.3 is 14.4 Å². The Labute approximate surface area is 200 Å². The predicted octanol–water partition coefficient (Wildman–Crippen LogP) is 5.63. The fourth-order valence-corrected chi connectivity index (χ4v) is 4.13. The number of carbonyl (C=O) groups excluding carboxylic acids is 2. The molecule has 2 unspecified atom stereocenters. The van der Waals surface area contributed by atoms with E-state index in [2.05, 4.69) is 0 Å². The number of benzene rings is 3. The largest absolute Gasteiger partial charge is 0.485 e. The second-order valence-electron chi connectivity index (χ2n) is 7.61. The molecule has 1 amide bonds. The Morgan fingerprint density at radius 1 is 0.970 bits per heavy atom. The first-order valence-corrected chi connectivity index (χ1v) is 11.0. The van der Waals surface area contributed by atoms with Crippen LogP contribution in [0.5, 0.6) is 5.75 Å². The fourth-order valence-electron chi connectivity index (χ4n) is 3.83. The van der Waals surface area contributed by atoms with Gasteiger partial charge >= 0.3 is 5.97 Å². The van der Waals surface area contributed by atoms with Gasteiger partial charge in [-0.2, -0.15) is 0 Å². The highest BCUT2D eigenvalue weighted by Crippen LogP contribution is 2.30. The molecule has 3 aromatic carbocycles. The van der Waals surface area contributed by atoms with E-state index in [1.54, 1.807) is 48.5 Å². The average molecular weight is 488 g/mol. The van der Waals surface area contributed by atoms with E-state index in [4.69, 9.17) is 32.7 Å². The van der Waals surface area contributed by atoms with E-state index >= 15 is 0 Å². The van der Waals surface area contributed by atoms with Crippen LogP contribution in [0.25, 0.3) is 11.1 Å². The van der Waals surface area contributed by atoms with E-state index in [1.165, 1.54) is 24.1 Å². The van der Waals surface area contributed by atoms with Crippen LogP contribution in [-0.4, -0.2) is 42.6 Å². The number of esters is 1. The molecular weight excluding hydrogens is 468 g/mol. The van der Waals surface area contributed by atoms with Crippen LogP contribution in [0.15, 0.2) is 66.7 Å². The molecule has 3 aromatic rings. The summed E-state index contributed by atoms with van der Waals surface area (Å²) < 4.78 is 24.6. The number of ether oxygens (including phenoxy) is 2. The first kappa shape index (κ1) is 23.1. The number of hydrogen-bond acceptors (Lipinski definition) is 4. The number of amides is 1. The minimum Gasteiger partial charge on any atom is -0.485 e. The highest BCUT2D eigenvalue weighted by atomic mass is 35.5. The molecule has 8 heteroatoms. The summed E-state index contributed by atoms with van der Waals surface area (Å²) in [5.41, 5.74) is 2.12. The molecule has 2 atom stereocenters. The zero-order valence-corrected chi connectivity index (χ0v) is 19.1. The maximum absolute atomic E-state index is 14.0. The molecule has 1 aliphatic heterocycles. The number of carbonyl (C=O) groups is 2. The smallest absolute Gasteiger partial charge is 0.328 e. The lowest BCUT2D eigenvalue weighted by Gasteiger charge is -2.22. The average Bonchev–Trinajstić information content (AvgIpc) is 3.25. The molecule has 1 aliphatic rings. The van der Waals surface area contributed by atoms with Crippen molar-refractivity contribution in [3.63, 3.8) is 0 Å². The van der Waals surface area contributed by atoms with Crippen LogP contribution >= 0.6 is 23.2 Å². The Morgan fingerprint density at radius 2 is 1.67 bits per heavy atom. The van der Waals surface area contributed by atoms with Crippen LogP contribution in [-0.2, 0) is 9.53 Å². The van der Waals surface area contributed by atoms with E-state index in [0.717, 1.165) is 11.1 Å². The summed E-state index contributed by atoms with van der Waals surface area (Å²) in [6.45, 7) is 0.126. The highest BCUT2D eigenvalue weighted by Gasteiger charge is 2.42. The van der Waals surface area contributed by atoms with Crippen molar-refractivity contribution in [1.29, 1.82) is 0 Å². The Hall–Kier alpha value is -3.09. The summed E-state index contributed by atoms with van der Waals surface area (Å²) in [5, 5.41) is 0.899.